The topological polar surface area (TPSA) is 36.3 Å². The largest absolute Gasteiger partial charge is 0.483 e. The molecule has 0 spiro atoms. The van der Waals surface area contributed by atoms with Gasteiger partial charge >= 0.3 is 0 Å². The molecule has 0 aliphatic heterocycles. The first-order valence-corrected chi connectivity index (χ1v) is 2.61. The lowest BCUT2D eigenvalue weighted by molar-refractivity contribution is 0.219. The Labute approximate surface area is 55.4 Å². The molecule has 0 aromatic heterocycles. The Hall–Kier alpha value is -0.990. The number of methoxy groups -OCH3 is 1. The van der Waals surface area contributed by atoms with Gasteiger partial charge in [-0.25, -0.2) is 0 Å². The van der Waals surface area contributed by atoms with Gasteiger partial charge < -0.3 is 9.64 Å². The Morgan fingerprint density at radius 3 is 2.22 bits per heavy atom. The SMILES string of the molecule is C=C(OC)N(C)C(C)=N. The smallest absolute Gasteiger partial charge is 0.186 e. The average molecular weight is 128 g/mol. The molecule has 9 heavy (non-hydrogen) atoms. The lowest BCUT2D eigenvalue weighted by atomic mass is 10.6. The van der Waals surface area contributed by atoms with Crippen LogP contribution in [-0.4, -0.2) is 24.9 Å². The third-order valence-electron chi connectivity index (χ3n) is 1.11. The van der Waals surface area contributed by atoms with Gasteiger partial charge in [-0.05, 0) is 13.5 Å². The van der Waals surface area contributed by atoms with E-state index in [0.717, 1.165) is 0 Å². The van der Waals surface area contributed by atoms with Gasteiger partial charge in [0.05, 0.1) is 12.9 Å². The van der Waals surface area contributed by atoms with E-state index in [9.17, 15) is 0 Å². The molecule has 0 bridgehead atoms. The Kier molecular flexibility index (Phi) is 2.78. The van der Waals surface area contributed by atoms with Gasteiger partial charge in [-0.15, -0.1) is 0 Å². The molecule has 0 aromatic rings. The molecular weight excluding hydrogens is 116 g/mol. The average Bonchev–Trinajstić information content (AvgIpc) is 1.84. The minimum atomic E-state index is 0.418. The second kappa shape index (κ2) is 3.12. The minimum Gasteiger partial charge on any atom is -0.483 e. The molecule has 0 aromatic carbocycles. The van der Waals surface area contributed by atoms with Gasteiger partial charge in [-0.1, -0.05) is 0 Å². The van der Waals surface area contributed by atoms with E-state index < -0.39 is 0 Å². The highest BCUT2D eigenvalue weighted by Crippen LogP contribution is 1.97. The molecule has 0 aliphatic rings. The summed E-state index contributed by atoms with van der Waals surface area (Å²) in [5.41, 5.74) is 0. The van der Waals surface area contributed by atoms with Crippen LogP contribution < -0.4 is 0 Å². The first-order chi connectivity index (χ1) is 4.09. The van der Waals surface area contributed by atoms with Crippen molar-refractivity contribution in [1.82, 2.24) is 4.90 Å². The van der Waals surface area contributed by atoms with Crippen LogP contribution in [0.3, 0.4) is 0 Å². The summed E-state index contributed by atoms with van der Waals surface area (Å²) in [5, 5.41) is 7.12. The lowest BCUT2D eigenvalue weighted by Gasteiger charge is -2.17. The molecule has 1 N–H and O–H groups in total. The maximum absolute atomic E-state index is 7.12. The zero-order valence-electron chi connectivity index (χ0n) is 6.06. The predicted molar refractivity (Wildman–Crippen MR) is 37.3 cm³/mol. The summed E-state index contributed by atoms with van der Waals surface area (Å²) >= 11 is 0. The standard InChI is InChI=1S/C6H12N2O/c1-5(7)8(3)6(2)9-4/h7H,2H2,1,3-4H3. The third kappa shape index (κ3) is 2.17. The second-order valence-corrected chi connectivity index (χ2v) is 1.74. The van der Waals surface area contributed by atoms with Crippen LogP contribution >= 0.6 is 0 Å². The zero-order valence-corrected chi connectivity index (χ0v) is 6.06. The molecule has 0 atom stereocenters. The van der Waals surface area contributed by atoms with Crippen LogP contribution in [0.1, 0.15) is 6.92 Å². The van der Waals surface area contributed by atoms with E-state index in [2.05, 4.69) is 6.58 Å². The quantitative estimate of drug-likeness (QED) is 0.342. The van der Waals surface area contributed by atoms with Gasteiger partial charge in [-0.3, -0.25) is 5.41 Å². The molecule has 0 amide bonds. The molecule has 0 fully saturated rings. The van der Waals surface area contributed by atoms with Crippen molar-refractivity contribution in [3.63, 3.8) is 0 Å². The van der Waals surface area contributed by atoms with E-state index >= 15 is 0 Å². The lowest BCUT2D eigenvalue weighted by Crippen LogP contribution is -2.22. The molecule has 52 valence electrons. The van der Waals surface area contributed by atoms with Gasteiger partial charge in [-0.2, -0.15) is 0 Å². The molecule has 0 heterocycles. The van der Waals surface area contributed by atoms with Crippen molar-refractivity contribution in [2.45, 2.75) is 6.92 Å². The van der Waals surface area contributed by atoms with Crippen LogP contribution in [0.25, 0.3) is 0 Å². The number of nitrogens with one attached hydrogen (secondary N) is 1. The summed E-state index contributed by atoms with van der Waals surface area (Å²) in [6.07, 6.45) is 0. The fourth-order valence-corrected chi connectivity index (χ4v) is 0.324. The van der Waals surface area contributed by atoms with Crippen LogP contribution in [-0.2, 0) is 4.74 Å². The van der Waals surface area contributed by atoms with Crippen LogP contribution in [0, 0.1) is 5.41 Å². The highest BCUT2D eigenvalue weighted by Gasteiger charge is 2.00. The van der Waals surface area contributed by atoms with Crippen LogP contribution in [0.2, 0.25) is 0 Å². The molecule has 0 saturated heterocycles. The maximum atomic E-state index is 7.12. The van der Waals surface area contributed by atoms with E-state index in [1.165, 1.54) is 7.11 Å². The normalized spacial score (nSPS) is 8.33. The molecule has 0 aliphatic carbocycles. The first kappa shape index (κ1) is 8.01. The molecule has 0 saturated carbocycles. The number of hydrogen-bond acceptors (Lipinski definition) is 2. The third-order valence-corrected chi connectivity index (χ3v) is 1.11. The summed E-state index contributed by atoms with van der Waals surface area (Å²) < 4.78 is 4.76. The van der Waals surface area contributed by atoms with Gasteiger partial charge in [0.1, 0.15) is 0 Å². The molecule has 0 radical (unpaired) electrons. The molecule has 3 heteroatoms. The molecule has 0 unspecified atom stereocenters. The van der Waals surface area contributed by atoms with E-state index in [0.29, 0.717) is 11.7 Å². The Balaban J connectivity index is 3.88. The van der Waals surface area contributed by atoms with Crippen molar-refractivity contribution in [1.29, 1.82) is 5.41 Å². The summed E-state index contributed by atoms with van der Waals surface area (Å²) in [6, 6.07) is 0. The van der Waals surface area contributed by atoms with Crippen LogP contribution in [0.5, 0.6) is 0 Å². The van der Waals surface area contributed by atoms with Crippen molar-refractivity contribution < 1.29 is 4.74 Å². The second-order valence-electron chi connectivity index (χ2n) is 1.74. The van der Waals surface area contributed by atoms with E-state index in [1.807, 2.05) is 0 Å². The number of rotatable bonds is 2. The maximum Gasteiger partial charge on any atom is 0.186 e. The highest BCUT2D eigenvalue weighted by atomic mass is 16.5. The van der Waals surface area contributed by atoms with E-state index in [4.69, 9.17) is 10.1 Å². The predicted octanol–water partition coefficient (Wildman–Crippen LogP) is 1.03. The van der Waals surface area contributed by atoms with E-state index in [1.54, 1.807) is 18.9 Å². The van der Waals surface area contributed by atoms with Crippen molar-refractivity contribution in [3.8, 4) is 0 Å². The first-order valence-electron chi connectivity index (χ1n) is 2.61. The van der Waals surface area contributed by atoms with Gasteiger partial charge in [0.2, 0.25) is 0 Å². The van der Waals surface area contributed by atoms with Crippen molar-refractivity contribution in [3.05, 3.63) is 12.5 Å². The Morgan fingerprint density at radius 2 is 2.11 bits per heavy atom. The van der Waals surface area contributed by atoms with Crippen LogP contribution in [0.15, 0.2) is 12.5 Å². The Morgan fingerprint density at radius 1 is 1.67 bits per heavy atom. The van der Waals surface area contributed by atoms with E-state index in [-0.39, 0.29) is 0 Å². The minimum absolute atomic E-state index is 0.418. The van der Waals surface area contributed by atoms with Gasteiger partial charge in [0.15, 0.2) is 5.88 Å². The highest BCUT2D eigenvalue weighted by molar-refractivity contribution is 5.77. The van der Waals surface area contributed by atoms with Crippen molar-refractivity contribution in [2.24, 2.45) is 0 Å². The Bertz CT molecular complexity index is 131. The molecule has 3 nitrogen and oxygen atoms in total. The zero-order chi connectivity index (χ0) is 7.44. The number of hydrogen-bond donors (Lipinski definition) is 1. The number of ether oxygens (including phenoxy) is 1. The monoisotopic (exact) mass is 128 g/mol. The summed E-state index contributed by atoms with van der Waals surface area (Å²) in [6.45, 7) is 5.23. The number of nitrogens with zero attached hydrogens (tertiary/aromatic N) is 1. The summed E-state index contributed by atoms with van der Waals surface area (Å²) in [4.78, 5) is 1.56. The number of amidine groups is 1. The molecular formula is C6H12N2O. The fraction of sp³-hybridized carbons (Fsp3) is 0.500. The summed E-state index contributed by atoms with van der Waals surface area (Å²) in [5.74, 6) is 0.907. The summed E-state index contributed by atoms with van der Waals surface area (Å²) in [7, 11) is 3.26. The van der Waals surface area contributed by atoms with Gasteiger partial charge in [0, 0.05) is 7.05 Å². The van der Waals surface area contributed by atoms with Gasteiger partial charge in [0.25, 0.3) is 0 Å². The van der Waals surface area contributed by atoms with Crippen molar-refractivity contribution in [2.75, 3.05) is 14.2 Å². The fourth-order valence-electron chi connectivity index (χ4n) is 0.324. The van der Waals surface area contributed by atoms with Crippen molar-refractivity contribution >= 4 is 5.84 Å². The van der Waals surface area contributed by atoms with Crippen LogP contribution in [0.4, 0.5) is 0 Å². The molecule has 0 rings (SSSR count).